The van der Waals surface area contributed by atoms with Crippen LogP contribution in [0.1, 0.15) is 11.1 Å². The van der Waals surface area contributed by atoms with Gasteiger partial charge in [0.15, 0.2) is 0 Å². The fourth-order valence-corrected chi connectivity index (χ4v) is 1.76. The van der Waals surface area contributed by atoms with Crippen LogP contribution in [-0.2, 0) is 0 Å². The first-order chi connectivity index (χ1) is 9.51. The summed E-state index contributed by atoms with van der Waals surface area (Å²) in [4.78, 5) is 10.1. The van der Waals surface area contributed by atoms with Crippen LogP contribution in [0, 0.1) is 28.4 Å². The van der Waals surface area contributed by atoms with Crippen LogP contribution in [0.25, 0.3) is 0 Å². The highest BCUT2D eigenvalue weighted by Crippen LogP contribution is 2.29. The molecule has 0 saturated heterocycles. The molecule has 5 nitrogen and oxygen atoms in total. The highest BCUT2D eigenvalue weighted by atomic mass is 35.5. The van der Waals surface area contributed by atoms with Crippen molar-refractivity contribution in [1.82, 2.24) is 0 Å². The van der Waals surface area contributed by atoms with Crippen LogP contribution in [0.4, 0.5) is 5.69 Å². The Morgan fingerprint density at radius 1 is 1.25 bits per heavy atom. The second kappa shape index (κ2) is 5.59. The number of aryl methyl sites for hydroxylation is 1. The largest absolute Gasteiger partial charge is 0.457 e. The molecular weight excluding hydrogens is 280 g/mol. The van der Waals surface area contributed by atoms with Crippen LogP contribution in [0.2, 0.25) is 5.02 Å². The van der Waals surface area contributed by atoms with Crippen molar-refractivity contribution in [2.75, 3.05) is 0 Å². The Bertz CT molecular complexity index is 723. The van der Waals surface area contributed by atoms with Crippen LogP contribution in [-0.4, -0.2) is 4.92 Å². The van der Waals surface area contributed by atoms with Crippen LogP contribution >= 0.6 is 11.6 Å². The first kappa shape index (κ1) is 13.8. The molecule has 0 aliphatic heterocycles. The monoisotopic (exact) mass is 288 g/mol. The summed E-state index contributed by atoms with van der Waals surface area (Å²) in [6.45, 7) is 1.84. The number of nitriles is 1. The summed E-state index contributed by atoms with van der Waals surface area (Å²) in [5.74, 6) is 0.901. The lowest BCUT2D eigenvalue weighted by Crippen LogP contribution is -1.93. The molecule has 0 radical (unpaired) electrons. The molecule has 0 aliphatic rings. The van der Waals surface area contributed by atoms with E-state index in [2.05, 4.69) is 0 Å². The molecule has 2 aromatic carbocycles. The summed E-state index contributed by atoms with van der Waals surface area (Å²) in [7, 11) is 0. The number of halogens is 1. The molecule has 0 spiro atoms. The number of rotatable bonds is 3. The van der Waals surface area contributed by atoms with E-state index in [1.165, 1.54) is 18.2 Å². The molecule has 2 rings (SSSR count). The molecule has 0 fully saturated rings. The summed E-state index contributed by atoms with van der Waals surface area (Å²) in [6.07, 6.45) is 0. The van der Waals surface area contributed by atoms with Crippen molar-refractivity contribution < 1.29 is 9.66 Å². The standard InChI is InChI=1S/C14H9ClN2O3/c1-9-6-11(2-4-13(9)15)20-12-3-5-14(17(18)19)10(7-12)8-16/h2-7H,1H3. The lowest BCUT2D eigenvalue weighted by atomic mass is 10.2. The van der Waals surface area contributed by atoms with Gasteiger partial charge in [0.05, 0.1) is 4.92 Å². The highest BCUT2D eigenvalue weighted by Gasteiger charge is 2.14. The van der Waals surface area contributed by atoms with Gasteiger partial charge in [0.2, 0.25) is 0 Å². The quantitative estimate of drug-likeness (QED) is 0.626. The fraction of sp³-hybridized carbons (Fsp3) is 0.0714. The van der Waals surface area contributed by atoms with E-state index in [1.54, 1.807) is 24.3 Å². The predicted octanol–water partition coefficient (Wildman–Crippen LogP) is 4.22. The number of ether oxygens (including phenoxy) is 1. The van der Waals surface area contributed by atoms with Gasteiger partial charge in [-0.25, -0.2) is 0 Å². The minimum absolute atomic E-state index is 0.0433. The van der Waals surface area contributed by atoms with E-state index < -0.39 is 4.92 Å². The average molecular weight is 289 g/mol. The first-order valence-electron chi connectivity index (χ1n) is 5.64. The Hall–Kier alpha value is -2.58. The Morgan fingerprint density at radius 2 is 1.90 bits per heavy atom. The van der Waals surface area contributed by atoms with Gasteiger partial charge in [0, 0.05) is 17.2 Å². The van der Waals surface area contributed by atoms with Gasteiger partial charge in [0.25, 0.3) is 5.69 Å². The van der Waals surface area contributed by atoms with Crippen LogP contribution in [0.3, 0.4) is 0 Å². The summed E-state index contributed by atoms with van der Waals surface area (Å²) < 4.78 is 5.56. The van der Waals surface area contributed by atoms with Gasteiger partial charge in [-0.3, -0.25) is 10.1 Å². The first-order valence-corrected chi connectivity index (χ1v) is 6.01. The number of benzene rings is 2. The summed E-state index contributed by atoms with van der Waals surface area (Å²) >= 11 is 5.91. The fourth-order valence-electron chi connectivity index (χ4n) is 1.64. The van der Waals surface area contributed by atoms with E-state index in [0.717, 1.165) is 5.56 Å². The van der Waals surface area contributed by atoms with Gasteiger partial charge in [-0.1, -0.05) is 11.6 Å². The molecule has 0 atom stereocenters. The third-order valence-corrected chi connectivity index (χ3v) is 3.07. The maximum absolute atomic E-state index is 10.7. The van der Waals surface area contributed by atoms with Crippen molar-refractivity contribution in [3.8, 4) is 17.6 Å². The number of hydrogen-bond donors (Lipinski definition) is 0. The maximum atomic E-state index is 10.7. The molecule has 0 heterocycles. The molecule has 2 aromatic rings. The summed E-state index contributed by atoms with van der Waals surface area (Å²) in [5, 5.41) is 20.3. The molecule has 100 valence electrons. The normalized spacial score (nSPS) is 9.85. The number of nitro benzene ring substituents is 1. The van der Waals surface area contributed by atoms with E-state index in [4.69, 9.17) is 21.6 Å². The Labute approximate surface area is 120 Å². The van der Waals surface area contributed by atoms with E-state index in [1.807, 2.05) is 6.92 Å². The van der Waals surface area contributed by atoms with E-state index in [9.17, 15) is 10.1 Å². The van der Waals surface area contributed by atoms with Crippen LogP contribution < -0.4 is 4.74 Å². The summed E-state index contributed by atoms with van der Waals surface area (Å²) in [5.41, 5.74) is 0.567. The minimum Gasteiger partial charge on any atom is -0.457 e. The van der Waals surface area contributed by atoms with E-state index in [0.29, 0.717) is 16.5 Å². The van der Waals surface area contributed by atoms with Crippen molar-refractivity contribution in [2.24, 2.45) is 0 Å². The average Bonchev–Trinajstić information content (AvgIpc) is 2.42. The van der Waals surface area contributed by atoms with Gasteiger partial charge in [-0.05, 0) is 36.8 Å². The number of nitro groups is 1. The lowest BCUT2D eigenvalue weighted by Gasteiger charge is -2.07. The van der Waals surface area contributed by atoms with Gasteiger partial charge in [0.1, 0.15) is 23.1 Å². The molecule has 0 N–H and O–H groups in total. The van der Waals surface area contributed by atoms with Crippen molar-refractivity contribution in [3.63, 3.8) is 0 Å². The predicted molar refractivity (Wildman–Crippen MR) is 74.1 cm³/mol. The topological polar surface area (TPSA) is 76.2 Å². The maximum Gasteiger partial charge on any atom is 0.287 e. The Balaban J connectivity index is 2.32. The molecule has 20 heavy (non-hydrogen) atoms. The number of hydrogen-bond acceptors (Lipinski definition) is 4. The molecule has 0 unspecified atom stereocenters. The second-order valence-electron chi connectivity index (χ2n) is 4.06. The van der Waals surface area contributed by atoms with Crippen molar-refractivity contribution in [2.45, 2.75) is 6.92 Å². The zero-order chi connectivity index (χ0) is 14.7. The number of nitrogens with zero attached hydrogens (tertiary/aromatic N) is 2. The molecular formula is C14H9ClN2O3. The summed E-state index contributed by atoms with van der Waals surface area (Å²) in [6, 6.07) is 10.9. The highest BCUT2D eigenvalue weighted by molar-refractivity contribution is 6.31. The van der Waals surface area contributed by atoms with Crippen molar-refractivity contribution in [1.29, 1.82) is 5.26 Å². The van der Waals surface area contributed by atoms with Crippen LogP contribution in [0.15, 0.2) is 36.4 Å². The molecule has 0 aliphatic carbocycles. The molecule has 0 bridgehead atoms. The molecule has 0 aromatic heterocycles. The zero-order valence-corrected chi connectivity index (χ0v) is 11.2. The Kier molecular flexibility index (Phi) is 3.87. The minimum atomic E-state index is -0.602. The van der Waals surface area contributed by atoms with Crippen molar-refractivity contribution >= 4 is 17.3 Å². The van der Waals surface area contributed by atoms with Gasteiger partial charge < -0.3 is 4.74 Å². The van der Waals surface area contributed by atoms with Crippen molar-refractivity contribution in [3.05, 3.63) is 62.7 Å². The van der Waals surface area contributed by atoms with Crippen LogP contribution in [0.5, 0.6) is 11.5 Å². The second-order valence-corrected chi connectivity index (χ2v) is 4.47. The van der Waals surface area contributed by atoms with Gasteiger partial charge >= 0.3 is 0 Å². The molecule has 0 amide bonds. The van der Waals surface area contributed by atoms with E-state index in [-0.39, 0.29) is 11.3 Å². The third-order valence-electron chi connectivity index (χ3n) is 2.65. The third kappa shape index (κ3) is 2.87. The lowest BCUT2D eigenvalue weighted by molar-refractivity contribution is -0.385. The van der Waals surface area contributed by atoms with Gasteiger partial charge in [-0.2, -0.15) is 5.26 Å². The van der Waals surface area contributed by atoms with E-state index >= 15 is 0 Å². The molecule has 6 heteroatoms. The smallest absolute Gasteiger partial charge is 0.287 e. The van der Waals surface area contributed by atoms with Gasteiger partial charge in [-0.15, -0.1) is 0 Å². The Morgan fingerprint density at radius 3 is 2.50 bits per heavy atom. The molecule has 0 saturated carbocycles. The zero-order valence-electron chi connectivity index (χ0n) is 10.5. The SMILES string of the molecule is Cc1cc(Oc2ccc([N+](=O)[O-])c(C#N)c2)ccc1Cl.